The molecule has 3 amide bonds. The molecule has 142 valence electrons. The highest BCUT2D eigenvalue weighted by Gasteiger charge is 2.16. The van der Waals surface area contributed by atoms with Crippen molar-refractivity contribution >= 4 is 23.4 Å². The van der Waals surface area contributed by atoms with E-state index in [2.05, 4.69) is 16.0 Å². The van der Waals surface area contributed by atoms with Crippen molar-refractivity contribution in [3.63, 3.8) is 0 Å². The number of carbonyl (C=O) groups excluding carboxylic acids is 3. The molecule has 27 heavy (non-hydrogen) atoms. The first-order valence-corrected chi connectivity index (χ1v) is 8.53. The second kappa shape index (κ2) is 9.96. The Morgan fingerprint density at radius 1 is 1.00 bits per heavy atom. The molecule has 1 atom stereocenters. The summed E-state index contributed by atoms with van der Waals surface area (Å²) in [6.45, 7) is 1.39. The van der Waals surface area contributed by atoms with Gasteiger partial charge in [-0.25, -0.2) is 0 Å². The first-order valence-electron chi connectivity index (χ1n) is 8.53. The van der Waals surface area contributed by atoms with Gasteiger partial charge in [0.2, 0.25) is 17.7 Å². The molecule has 0 bridgehead atoms. The van der Waals surface area contributed by atoms with Gasteiger partial charge in [0.25, 0.3) is 0 Å². The Hall–Kier alpha value is -3.35. The standard InChI is InChI=1S/C20H23N3O4/c1-14(22-18(24)12-15-7-6-10-17(11-15)27-2)20(26)21-13-19(25)23-16-8-4-3-5-9-16/h3-11,14H,12-13H2,1-2H3,(H,21,26)(H,22,24)(H,23,25)/t14-/m0/s1. The lowest BCUT2D eigenvalue weighted by atomic mass is 10.1. The van der Waals surface area contributed by atoms with Crippen molar-refractivity contribution in [2.75, 3.05) is 19.0 Å². The fraction of sp³-hybridized carbons (Fsp3) is 0.250. The number of methoxy groups -OCH3 is 1. The molecule has 0 aliphatic carbocycles. The van der Waals surface area contributed by atoms with Crippen LogP contribution in [-0.2, 0) is 20.8 Å². The summed E-state index contributed by atoms with van der Waals surface area (Å²) in [5.74, 6) is -0.406. The molecule has 0 heterocycles. The summed E-state index contributed by atoms with van der Waals surface area (Å²) in [5.41, 5.74) is 1.43. The fourth-order valence-corrected chi connectivity index (χ4v) is 2.37. The van der Waals surface area contributed by atoms with E-state index in [9.17, 15) is 14.4 Å². The normalized spacial score (nSPS) is 11.2. The molecule has 2 rings (SSSR count). The molecule has 0 aliphatic rings. The van der Waals surface area contributed by atoms with Crippen LogP contribution in [0, 0.1) is 0 Å². The van der Waals surface area contributed by atoms with Crippen molar-refractivity contribution in [2.24, 2.45) is 0 Å². The van der Waals surface area contributed by atoms with Crippen LogP contribution in [0.2, 0.25) is 0 Å². The SMILES string of the molecule is COc1cccc(CC(=O)N[C@@H](C)C(=O)NCC(=O)Nc2ccccc2)c1. The number of benzene rings is 2. The number of rotatable bonds is 8. The number of amides is 3. The largest absolute Gasteiger partial charge is 0.497 e. The molecular weight excluding hydrogens is 346 g/mol. The van der Waals surface area contributed by atoms with Gasteiger partial charge in [0, 0.05) is 5.69 Å². The summed E-state index contributed by atoms with van der Waals surface area (Å²) in [5, 5.41) is 7.79. The first-order chi connectivity index (χ1) is 13.0. The van der Waals surface area contributed by atoms with Gasteiger partial charge in [-0.3, -0.25) is 14.4 Å². The van der Waals surface area contributed by atoms with E-state index in [1.165, 1.54) is 0 Å². The number of carbonyl (C=O) groups is 3. The predicted octanol–water partition coefficient (Wildman–Crippen LogP) is 1.50. The highest BCUT2D eigenvalue weighted by Crippen LogP contribution is 2.12. The Bertz CT molecular complexity index is 793. The lowest BCUT2D eigenvalue weighted by Crippen LogP contribution is -2.47. The van der Waals surface area contributed by atoms with Gasteiger partial charge in [-0.05, 0) is 36.8 Å². The molecule has 2 aromatic carbocycles. The van der Waals surface area contributed by atoms with Crippen LogP contribution >= 0.6 is 0 Å². The fourth-order valence-electron chi connectivity index (χ4n) is 2.37. The molecule has 0 fully saturated rings. The predicted molar refractivity (Wildman–Crippen MR) is 102 cm³/mol. The molecule has 0 saturated carbocycles. The van der Waals surface area contributed by atoms with E-state index in [-0.39, 0.29) is 24.8 Å². The number of anilines is 1. The maximum Gasteiger partial charge on any atom is 0.243 e. The molecule has 0 radical (unpaired) electrons. The van der Waals surface area contributed by atoms with Gasteiger partial charge in [0.15, 0.2) is 0 Å². The van der Waals surface area contributed by atoms with Crippen LogP contribution in [0.25, 0.3) is 0 Å². The highest BCUT2D eigenvalue weighted by atomic mass is 16.5. The zero-order chi connectivity index (χ0) is 19.6. The second-order valence-corrected chi connectivity index (χ2v) is 5.95. The summed E-state index contributed by atoms with van der Waals surface area (Å²) < 4.78 is 5.12. The van der Waals surface area contributed by atoms with Crippen molar-refractivity contribution in [3.05, 3.63) is 60.2 Å². The van der Waals surface area contributed by atoms with Crippen LogP contribution in [0.15, 0.2) is 54.6 Å². The zero-order valence-corrected chi connectivity index (χ0v) is 15.3. The second-order valence-electron chi connectivity index (χ2n) is 5.95. The third-order valence-corrected chi connectivity index (χ3v) is 3.75. The molecule has 7 heteroatoms. The lowest BCUT2D eigenvalue weighted by molar-refractivity contribution is -0.129. The van der Waals surface area contributed by atoms with Crippen molar-refractivity contribution in [3.8, 4) is 5.75 Å². The van der Waals surface area contributed by atoms with Gasteiger partial charge in [-0.1, -0.05) is 30.3 Å². The Morgan fingerprint density at radius 3 is 2.44 bits per heavy atom. The molecule has 0 aromatic heterocycles. The highest BCUT2D eigenvalue weighted by molar-refractivity contribution is 5.96. The Kier molecular flexibility index (Phi) is 7.37. The summed E-state index contributed by atoms with van der Waals surface area (Å²) in [6, 6.07) is 15.3. The summed E-state index contributed by atoms with van der Waals surface area (Å²) in [4.78, 5) is 36.0. The van der Waals surface area contributed by atoms with Gasteiger partial charge < -0.3 is 20.7 Å². The number of para-hydroxylation sites is 1. The van der Waals surface area contributed by atoms with Crippen molar-refractivity contribution in [2.45, 2.75) is 19.4 Å². The number of hydrogen-bond acceptors (Lipinski definition) is 4. The van der Waals surface area contributed by atoms with Gasteiger partial charge in [0.05, 0.1) is 20.1 Å². The third kappa shape index (κ3) is 6.81. The van der Waals surface area contributed by atoms with Crippen LogP contribution in [0.3, 0.4) is 0 Å². The number of hydrogen-bond donors (Lipinski definition) is 3. The lowest BCUT2D eigenvalue weighted by Gasteiger charge is -2.14. The summed E-state index contributed by atoms with van der Waals surface area (Å²) in [6.07, 6.45) is 0.128. The zero-order valence-electron chi connectivity index (χ0n) is 15.3. The Labute approximate surface area is 158 Å². The van der Waals surface area contributed by atoms with Gasteiger partial charge in [0.1, 0.15) is 11.8 Å². The monoisotopic (exact) mass is 369 g/mol. The van der Waals surface area contributed by atoms with Crippen molar-refractivity contribution in [1.29, 1.82) is 0 Å². The van der Waals surface area contributed by atoms with Gasteiger partial charge in [-0.2, -0.15) is 0 Å². The van der Waals surface area contributed by atoms with Crippen LogP contribution in [-0.4, -0.2) is 37.4 Å². The van der Waals surface area contributed by atoms with Crippen molar-refractivity contribution < 1.29 is 19.1 Å². The summed E-state index contributed by atoms with van der Waals surface area (Å²) in [7, 11) is 1.56. The average Bonchev–Trinajstić information content (AvgIpc) is 2.66. The first kappa shape index (κ1) is 20.0. The van der Waals surface area contributed by atoms with Crippen LogP contribution < -0.4 is 20.7 Å². The molecule has 0 unspecified atom stereocenters. The van der Waals surface area contributed by atoms with Crippen molar-refractivity contribution in [1.82, 2.24) is 10.6 Å². The van der Waals surface area contributed by atoms with Crippen LogP contribution in [0.5, 0.6) is 5.75 Å². The topological polar surface area (TPSA) is 96.5 Å². The Balaban J connectivity index is 1.75. The molecule has 0 aliphatic heterocycles. The molecule has 0 spiro atoms. The van der Waals surface area contributed by atoms with E-state index in [4.69, 9.17) is 4.74 Å². The van der Waals surface area contributed by atoms with Crippen LogP contribution in [0.1, 0.15) is 12.5 Å². The molecule has 3 N–H and O–H groups in total. The van der Waals surface area contributed by atoms with E-state index < -0.39 is 11.9 Å². The molecule has 2 aromatic rings. The van der Waals surface area contributed by atoms with Gasteiger partial charge >= 0.3 is 0 Å². The van der Waals surface area contributed by atoms with Crippen LogP contribution in [0.4, 0.5) is 5.69 Å². The third-order valence-electron chi connectivity index (χ3n) is 3.75. The quantitative estimate of drug-likeness (QED) is 0.657. The Morgan fingerprint density at radius 2 is 1.74 bits per heavy atom. The van der Waals surface area contributed by atoms with E-state index in [0.717, 1.165) is 5.56 Å². The molecular formula is C20H23N3O4. The molecule has 0 saturated heterocycles. The summed E-state index contributed by atoms with van der Waals surface area (Å²) >= 11 is 0. The van der Waals surface area contributed by atoms with E-state index >= 15 is 0 Å². The minimum Gasteiger partial charge on any atom is -0.497 e. The maximum atomic E-state index is 12.1. The molecule has 7 nitrogen and oxygen atoms in total. The minimum atomic E-state index is -0.757. The van der Waals surface area contributed by atoms with E-state index in [1.807, 2.05) is 6.07 Å². The smallest absolute Gasteiger partial charge is 0.243 e. The minimum absolute atomic E-state index is 0.128. The number of ether oxygens (including phenoxy) is 1. The average molecular weight is 369 g/mol. The van der Waals surface area contributed by atoms with Gasteiger partial charge in [-0.15, -0.1) is 0 Å². The van der Waals surface area contributed by atoms with E-state index in [1.54, 1.807) is 62.6 Å². The maximum absolute atomic E-state index is 12.1. The van der Waals surface area contributed by atoms with E-state index in [0.29, 0.717) is 11.4 Å². The number of nitrogens with one attached hydrogen (secondary N) is 3.